The number of halogens is 3. The van der Waals surface area contributed by atoms with E-state index < -0.39 is 0 Å². The Labute approximate surface area is 110 Å². The molecule has 1 rings (SSSR count). The molecule has 0 saturated heterocycles. The van der Waals surface area contributed by atoms with Crippen molar-refractivity contribution >= 4 is 47.8 Å². The highest BCUT2D eigenvalue weighted by molar-refractivity contribution is 9.11. The van der Waals surface area contributed by atoms with E-state index >= 15 is 0 Å². The Morgan fingerprint density at radius 3 is 2.43 bits per heavy atom. The third kappa shape index (κ3) is 2.81. The van der Waals surface area contributed by atoms with E-state index in [1.54, 1.807) is 7.11 Å². The molecule has 0 N–H and O–H groups in total. The van der Waals surface area contributed by atoms with Gasteiger partial charge in [-0.3, -0.25) is 0 Å². The van der Waals surface area contributed by atoms with Gasteiger partial charge in [0.1, 0.15) is 0 Å². The van der Waals surface area contributed by atoms with Gasteiger partial charge in [0.05, 0.1) is 6.10 Å². The zero-order chi connectivity index (χ0) is 10.7. The van der Waals surface area contributed by atoms with Crippen LogP contribution in [0, 0.1) is 0 Å². The van der Waals surface area contributed by atoms with Gasteiger partial charge >= 0.3 is 0 Å². The minimum atomic E-state index is 0.102. The molecule has 1 aromatic carbocycles. The van der Waals surface area contributed by atoms with Crippen LogP contribution in [0.15, 0.2) is 21.1 Å². The number of hydrogen-bond donors (Lipinski definition) is 0. The highest BCUT2D eigenvalue weighted by Gasteiger charge is 2.11. The minimum Gasteiger partial charge on any atom is -0.377 e. The van der Waals surface area contributed by atoms with Crippen molar-refractivity contribution in [3.8, 4) is 0 Å². The van der Waals surface area contributed by atoms with Crippen molar-refractivity contribution in [1.82, 2.24) is 0 Å². The molecule has 0 bridgehead atoms. The summed E-state index contributed by atoms with van der Waals surface area (Å²) in [7, 11) is 1.71. The minimum absolute atomic E-state index is 0.102. The van der Waals surface area contributed by atoms with Gasteiger partial charge in [0.25, 0.3) is 0 Å². The molecule has 78 valence electrons. The van der Waals surface area contributed by atoms with Gasteiger partial charge in [0, 0.05) is 21.4 Å². The second-order valence-electron chi connectivity index (χ2n) is 2.98. The summed E-state index contributed by atoms with van der Waals surface area (Å²) in [4.78, 5) is 0. The fraction of sp³-hybridized carbons (Fsp3) is 0.400. The van der Waals surface area contributed by atoms with Crippen molar-refractivity contribution in [1.29, 1.82) is 0 Å². The zero-order valence-corrected chi connectivity index (χ0v) is 12.7. The van der Waals surface area contributed by atoms with E-state index in [1.807, 2.05) is 6.92 Å². The first-order chi connectivity index (χ1) is 6.60. The molecule has 0 heterocycles. The molecular weight excluding hydrogens is 376 g/mol. The van der Waals surface area contributed by atoms with Crippen molar-refractivity contribution in [2.75, 3.05) is 7.11 Å². The van der Waals surface area contributed by atoms with E-state index in [9.17, 15) is 0 Å². The smallest absolute Gasteiger partial charge is 0.0804 e. The number of benzene rings is 1. The Morgan fingerprint density at radius 1 is 1.29 bits per heavy atom. The Bertz CT molecular complexity index is 325. The predicted octanol–water partition coefficient (Wildman–Crippen LogP) is 4.81. The molecule has 1 aromatic rings. The molecule has 1 unspecified atom stereocenters. The Hall–Kier alpha value is 0.620. The average molecular weight is 387 g/mol. The molecule has 0 fully saturated rings. The number of hydrogen-bond acceptors (Lipinski definition) is 1. The van der Waals surface area contributed by atoms with E-state index in [2.05, 4.69) is 59.9 Å². The van der Waals surface area contributed by atoms with Crippen molar-refractivity contribution in [3.05, 3.63) is 32.2 Å². The van der Waals surface area contributed by atoms with Crippen LogP contribution in [-0.2, 0) is 10.1 Å². The number of alkyl halides is 1. The van der Waals surface area contributed by atoms with Crippen LogP contribution in [0.1, 0.15) is 24.2 Å². The third-order valence-electron chi connectivity index (χ3n) is 2.10. The van der Waals surface area contributed by atoms with Crippen LogP contribution in [0.3, 0.4) is 0 Å². The lowest BCUT2D eigenvalue weighted by Gasteiger charge is -2.14. The highest BCUT2D eigenvalue weighted by Crippen LogP contribution is 2.32. The van der Waals surface area contributed by atoms with Gasteiger partial charge in [-0.15, -0.1) is 0 Å². The average Bonchev–Trinajstić information content (AvgIpc) is 2.19. The SMILES string of the molecule is COC(C)c1cc(Br)c(CBr)cc1Br. The number of ether oxygens (including phenoxy) is 1. The molecule has 0 aliphatic heterocycles. The molecular formula is C10H11Br3O. The second-order valence-corrected chi connectivity index (χ2v) is 5.25. The molecule has 0 aliphatic rings. The summed E-state index contributed by atoms with van der Waals surface area (Å²) in [5.74, 6) is 0. The molecule has 14 heavy (non-hydrogen) atoms. The third-order valence-corrected chi connectivity index (χ3v) is 4.13. The summed E-state index contributed by atoms with van der Waals surface area (Å²) in [5.41, 5.74) is 2.38. The molecule has 0 amide bonds. The maximum absolute atomic E-state index is 5.28. The molecule has 0 radical (unpaired) electrons. The fourth-order valence-corrected chi connectivity index (χ4v) is 3.20. The van der Waals surface area contributed by atoms with Crippen LogP contribution in [0.2, 0.25) is 0 Å². The maximum atomic E-state index is 5.28. The van der Waals surface area contributed by atoms with Crippen LogP contribution in [0.25, 0.3) is 0 Å². The van der Waals surface area contributed by atoms with Crippen LogP contribution in [0.4, 0.5) is 0 Å². The lowest BCUT2D eigenvalue weighted by atomic mass is 10.1. The monoisotopic (exact) mass is 384 g/mol. The number of methoxy groups -OCH3 is 1. The van der Waals surface area contributed by atoms with Crippen LogP contribution in [0.5, 0.6) is 0 Å². The molecule has 0 aliphatic carbocycles. The molecule has 4 heteroatoms. The molecule has 1 nitrogen and oxygen atoms in total. The normalized spacial score (nSPS) is 12.9. The topological polar surface area (TPSA) is 9.23 Å². The van der Waals surface area contributed by atoms with Crippen molar-refractivity contribution in [3.63, 3.8) is 0 Å². The van der Waals surface area contributed by atoms with Gasteiger partial charge in [-0.05, 0) is 30.2 Å². The van der Waals surface area contributed by atoms with Crippen molar-refractivity contribution in [2.45, 2.75) is 18.4 Å². The van der Waals surface area contributed by atoms with E-state index in [0.717, 1.165) is 19.8 Å². The van der Waals surface area contributed by atoms with Gasteiger partial charge in [0.2, 0.25) is 0 Å². The summed E-state index contributed by atoms with van der Waals surface area (Å²) in [6.45, 7) is 2.03. The highest BCUT2D eigenvalue weighted by atomic mass is 79.9. The van der Waals surface area contributed by atoms with Crippen LogP contribution >= 0.6 is 47.8 Å². The first-order valence-corrected chi connectivity index (χ1v) is 6.87. The summed E-state index contributed by atoms with van der Waals surface area (Å²) >= 11 is 10.5. The van der Waals surface area contributed by atoms with Gasteiger partial charge in [-0.1, -0.05) is 47.8 Å². The lowest BCUT2D eigenvalue weighted by Crippen LogP contribution is -1.98. The van der Waals surface area contributed by atoms with E-state index in [1.165, 1.54) is 5.56 Å². The standard InChI is InChI=1S/C10H11Br3O/c1-6(14-2)8-4-9(12)7(5-11)3-10(8)13/h3-4,6H,5H2,1-2H3. The van der Waals surface area contributed by atoms with Gasteiger partial charge < -0.3 is 4.74 Å². The zero-order valence-electron chi connectivity index (χ0n) is 7.98. The van der Waals surface area contributed by atoms with Crippen molar-refractivity contribution in [2.24, 2.45) is 0 Å². The van der Waals surface area contributed by atoms with E-state index in [-0.39, 0.29) is 6.10 Å². The lowest BCUT2D eigenvalue weighted by molar-refractivity contribution is 0.119. The van der Waals surface area contributed by atoms with E-state index in [4.69, 9.17) is 4.74 Å². The molecule has 0 aromatic heterocycles. The summed E-state index contributed by atoms with van der Waals surface area (Å²) < 4.78 is 7.48. The van der Waals surface area contributed by atoms with E-state index in [0.29, 0.717) is 0 Å². The Morgan fingerprint density at radius 2 is 1.93 bits per heavy atom. The predicted molar refractivity (Wildman–Crippen MR) is 69.9 cm³/mol. The Kier molecular flexibility index (Phi) is 5.11. The summed E-state index contributed by atoms with van der Waals surface area (Å²) in [5, 5.41) is 0.841. The van der Waals surface area contributed by atoms with Gasteiger partial charge in [-0.25, -0.2) is 0 Å². The largest absolute Gasteiger partial charge is 0.377 e. The first kappa shape index (κ1) is 12.7. The van der Waals surface area contributed by atoms with Gasteiger partial charge in [0.15, 0.2) is 0 Å². The molecule has 0 spiro atoms. The quantitative estimate of drug-likeness (QED) is 0.677. The number of rotatable bonds is 3. The van der Waals surface area contributed by atoms with Crippen molar-refractivity contribution < 1.29 is 4.74 Å². The second kappa shape index (κ2) is 5.64. The molecule has 0 saturated carbocycles. The molecule has 1 atom stereocenters. The summed E-state index contributed by atoms with van der Waals surface area (Å²) in [6.07, 6.45) is 0.102. The fourth-order valence-electron chi connectivity index (χ4n) is 1.14. The van der Waals surface area contributed by atoms with Crippen LogP contribution < -0.4 is 0 Å². The van der Waals surface area contributed by atoms with Crippen LogP contribution in [-0.4, -0.2) is 7.11 Å². The summed E-state index contributed by atoms with van der Waals surface area (Å²) in [6, 6.07) is 4.19. The Balaban J connectivity index is 3.14. The van der Waals surface area contributed by atoms with Gasteiger partial charge in [-0.2, -0.15) is 0 Å². The first-order valence-electron chi connectivity index (χ1n) is 4.16. The maximum Gasteiger partial charge on any atom is 0.0804 e.